The summed E-state index contributed by atoms with van der Waals surface area (Å²) >= 11 is 2.53. The van der Waals surface area contributed by atoms with Gasteiger partial charge in [-0.1, -0.05) is 40.8 Å². The number of amides is 1. The summed E-state index contributed by atoms with van der Waals surface area (Å²) in [6.45, 7) is 4.64. The van der Waals surface area contributed by atoms with Crippen LogP contribution in [0.3, 0.4) is 0 Å². The second kappa shape index (κ2) is 11.2. The summed E-state index contributed by atoms with van der Waals surface area (Å²) in [6, 6.07) is 13.3. The Balaban J connectivity index is 1.91. The van der Waals surface area contributed by atoms with Crippen molar-refractivity contribution < 1.29 is 9.53 Å². The standard InChI is InChI=1S/C24H30IN3O3/c1-3-31-23(26)11-12-28(24(29)19-8-7-16(2)22(15-19)27-30)21-6-4-5-17(14-21)18-9-10-20(25)13-18/h4-8,14-15,18,20,23H,3,9-13,26H2,1-2H3. The van der Waals surface area contributed by atoms with Gasteiger partial charge in [-0.15, -0.1) is 4.91 Å². The number of carbonyl (C=O) groups excluding carboxylic acids is 1. The number of carbonyl (C=O) groups is 1. The minimum atomic E-state index is -0.441. The number of benzene rings is 2. The zero-order chi connectivity index (χ0) is 22.4. The Morgan fingerprint density at radius 3 is 2.77 bits per heavy atom. The molecular formula is C24H30IN3O3. The summed E-state index contributed by atoms with van der Waals surface area (Å²) in [5.41, 5.74) is 9.61. The highest BCUT2D eigenvalue weighted by molar-refractivity contribution is 14.1. The van der Waals surface area contributed by atoms with Gasteiger partial charge in [0.1, 0.15) is 11.9 Å². The van der Waals surface area contributed by atoms with E-state index in [4.69, 9.17) is 10.5 Å². The molecule has 0 spiro atoms. The second-order valence-corrected chi connectivity index (χ2v) is 9.80. The molecule has 166 valence electrons. The third kappa shape index (κ3) is 6.11. The third-order valence-corrected chi connectivity index (χ3v) is 6.97. The van der Waals surface area contributed by atoms with Crippen molar-refractivity contribution in [1.29, 1.82) is 0 Å². The molecule has 0 saturated heterocycles. The van der Waals surface area contributed by atoms with Gasteiger partial charge in [0, 0.05) is 34.7 Å². The highest BCUT2D eigenvalue weighted by atomic mass is 127. The Labute approximate surface area is 197 Å². The van der Waals surface area contributed by atoms with Gasteiger partial charge in [-0.2, -0.15) is 0 Å². The van der Waals surface area contributed by atoms with Gasteiger partial charge in [0.05, 0.1) is 0 Å². The van der Waals surface area contributed by atoms with Crippen LogP contribution in [-0.2, 0) is 4.74 Å². The van der Waals surface area contributed by atoms with Gasteiger partial charge < -0.3 is 15.4 Å². The number of halogens is 1. The van der Waals surface area contributed by atoms with E-state index in [1.165, 1.54) is 24.8 Å². The normalized spacial score (nSPS) is 19.2. The SMILES string of the molecule is CCOC(N)CCN(C(=O)c1ccc(C)c(N=O)c1)c1cccc(C2CCC(I)C2)c1. The maximum absolute atomic E-state index is 13.5. The molecule has 3 unspecified atom stereocenters. The summed E-state index contributed by atoms with van der Waals surface area (Å²) in [5, 5.41) is 3.06. The van der Waals surface area contributed by atoms with Crippen LogP contribution in [0.2, 0.25) is 0 Å². The Morgan fingerprint density at radius 2 is 2.10 bits per heavy atom. The highest BCUT2D eigenvalue weighted by Crippen LogP contribution is 2.39. The van der Waals surface area contributed by atoms with E-state index in [1.54, 1.807) is 30.0 Å². The molecule has 3 rings (SSSR count). The number of ether oxygens (including phenoxy) is 1. The molecule has 1 saturated carbocycles. The minimum Gasteiger partial charge on any atom is -0.364 e. The first-order valence-electron chi connectivity index (χ1n) is 10.8. The topological polar surface area (TPSA) is 85.0 Å². The van der Waals surface area contributed by atoms with Crippen molar-refractivity contribution in [3.63, 3.8) is 0 Å². The molecule has 6 nitrogen and oxygen atoms in total. The fourth-order valence-corrected chi connectivity index (χ4v) is 5.05. The Kier molecular flexibility index (Phi) is 8.57. The molecule has 2 aromatic rings. The molecule has 1 amide bonds. The van der Waals surface area contributed by atoms with Crippen LogP contribution in [0.25, 0.3) is 0 Å². The van der Waals surface area contributed by atoms with E-state index < -0.39 is 6.23 Å². The summed E-state index contributed by atoms with van der Waals surface area (Å²) in [6.07, 6.45) is 3.63. The zero-order valence-electron chi connectivity index (χ0n) is 18.1. The van der Waals surface area contributed by atoms with Crippen molar-refractivity contribution in [1.82, 2.24) is 0 Å². The van der Waals surface area contributed by atoms with E-state index in [1.807, 2.05) is 19.1 Å². The van der Waals surface area contributed by atoms with Crippen LogP contribution < -0.4 is 10.6 Å². The smallest absolute Gasteiger partial charge is 0.258 e. The Morgan fingerprint density at radius 1 is 1.29 bits per heavy atom. The molecule has 0 radical (unpaired) electrons. The van der Waals surface area contributed by atoms with Gasteiger partial charge in [-0.05, 0) is 79.6 Å². The van der Waals surface area contributed by atoms with Gasteiger partial charge in [-0.3, -0.25) is 4.79 Å². The maximum Gasteiger partial charge on any atom is 0.258 e. The van der Waals surface area contributed by atoms with Crippen molar-refractivity contribution in [3.8, 4) is 0 Å². The molecule has 0 aliphatic heterocycles. The fourth-order valence-electron chi connectivity index (χ4n) is 4.07. The number of nitroso groups, excluding NO2 is 1. The lowest BCUT2D eigenvalue weighted by Crippen LogP contribution is -2.36. The van der Waals surface area contributed by atoms with Crippen molar-refractivity contribution >= 4 is 39.9 Å². The summed E-state index contributed by atoms with van der Waals surface area (Å²) in [4.78, 5) is 26.4. The van der Waals surface area contributed by atoms with Crippen LogP contribution in [0.1, 0.15) is 60.0 Å². The number of alkyl halides is 1. The number of hydrogen-bond donors (Lipinski definition) is 1. The average Bonchev–Trinajstić information content (AvgIpc) is 3.21. The van der Waals surface area contributed by atoms with Gasteiger partial charge in [-0.25, -0.2) is 0 Å². The van der Waals surface area contributed by atoms with Crippen LogP contribution in [0, 0.1) is 11.8 Å². The van der Waals surface area contributed by atoms with E-state index in [9.17, 15) is 9.70 Å². The predicted molar refractivity (Wildman–Crippen MR) is 133 cm³/mol. The number of hydrogen-bond acceptors (Lipinski definition) is 5. The first kappa shape index (κ1) is 23.8. The molecule has 3 atom stereocenters. The number of rotatable bonds is 9. The van der Waals surface area contributed by atoms with E-state index in [0.29, 0.717) is 35.0 Å². The van der Waals surface area contributed by atoms with Crippen LogP contribution in [-0.4, -0.2) is 29.2 Å². The Bertz CT molecular complexity index is 921. The minimum absolute atomic E-state index is 0.177. The van der Waals surface area contributed by atoms with Gasteiger partial charge in [0.25, 0.3) is 5.91 Å². The lowest BCUT2D eigenvalue weighted by molar-refractivity contribution is 0.0625. The molecule has 0 aromatic heterocycles. The van der Waals surface area contributed by atoms with Gasteiger partial charge >= 0.3 is 0 Å². The molecule has 1 aliphatic rings. The molecule has 2 aromatic carbocycles. The first-order chi connectivity index (χ1) is 14.9. The lowest BCUT2D eigenvalue weighted by atomic mass is 9.97. The van der Waals surface area contributed by atoms with Crippen LogP contribution in [0.15, 0.2) is 47.6 Å². The van der Waals surface area contributed by atoms with E-state index >= 15 is 0 Å². The molecule has 31 heavy (non-hydrogen) atoms. The highest BCUT2D eigenvalue weighted by Gasteiger charge is 2.25. The Hall–Kier alpha value is -1.84. The predicted octanol–water partition coefficient (Wildman–Crippen LogP) is 5.82. The van der Waals surface area contributed by atoms with E-state index in [-0.39, 0.29) is 11.6 Å². The first-order valence-corrected chi connectivity index (χ1v) is 12.0. The third-order valence-electron chi connectivity index (χ3n) is 5.84. The molecule has 0 bridgehead atoms. The summed E-state index contributed by atoms with van der Waals surface area (Å²) < 4.78 is 6.17. The monoisotopic (exact) mass is 535 g/mol. The second-order valence-electron chi connectivity index (χ2n) is 8.03. The maximum atomic E-state index is 13.5. The average molecular weight is 535 g/mol. The molecule has 2 N–H and O–H groups in total. The fraction of sp³-hybridized carbons (Fsp3) is 0.458. The number of anilines is 1. The number of nitrogens with zero attached hydrogens (tertiary/aromatic N) is 2. The lowest BCUT2D eigenvalue weighted by Gasteiger charge is -2.26. The quantitative estimate of drug-likeness (QED) is 0.190. The molecule has 0 heterocycles. The van der Waals surface area contributed by atoms with Crippen LogP contribution in [0.4, 0.5) is 11.4 Å². The number of aryl methyl sites for hydroxylation is 1. The van der Waals surface area contributed by atoms with E-state index in [2.05, 4.69) is 39.9 Å². The molecule has 7 heteroatoms. The van der Waals surface area contributed by atoms with Crippen molar-refractivity contribution in [2.75, 3.05) is 18.1 Å². The largest absolute Gasteiger partial charge is 0.364 e. The molecule has 1 aliphatic carbocycles. The van der Waals surface area contributed by atoms with Crippen molar-refractivity contribution in [3.05, 3.63) is 64.1 Å². The van der Waals surface area contributed by atoms with Gasteiger partial charge in [0.15, 0.2) is 0 Å². The van der Waals surface area contributed by atoms with Crippen LogP contribution >= 0.6 is 22.6 Å². The molecule has 1 fully saturated rings. The molecular weight excluding hydrogens is 505 g/mol. The summed E-state index contributed by atoms with van der Waals surface area (Å²) in [7, 11) is 0. The number of nitrogens with two attached hydrogens (primary N) is 1. The zero-order valence-corrected chi connectivity index (χ0v) is 20.2. The van der Waals surface area contributed by atoms with Crippen molar-refractivity contribution in [2.45, 2.75) is 55.6 Å². The van der Waals surface area contributed by atoms with Crippen LogP contribution in [0.5, 0.6) is 0 Å². The summed E-state index contributed by atoms with van der Waals surface area (Å²) in [5.74, 6) is 0.346. The van der Waals surface area contributed by atoms with E-state index in [0.717, 1.165) is 11.3 Å². The van der Waals surface area contributed by atoms with Gasteiger partial charge in [0.2, 0.25) is 0 Å². The van der Waals surface area contributed by atoms with Crippen molar-refractivity contribution in [2.24, 2.45) is 10.9 Å².